The van der Waals surface area contributed by atoms with E-state index in [9.17, 15) is 0 Å². The lowest BCUT2D eigenvalue weighted by Gasteiger charge is -2.41. The van der Waals surface area contributed by atoms with Crippen LogP contribution in [0.5, 0.6) is 0 Å². The molecule has 0 atom stereocenters. The quantitative estimate of drug-likeness (QED) is 0.179. The van der Waals surface area contributed by atoms with Crippen LogP contribution < -0.4 is 0 Å². The van der Waals surface area contributed by atoms with Crippen molar-refractivity contribution in [3.63, 3.8) is 0 Å². The van der Waals surface area contributed by atoms with Gasteiger partial charge in [0, 0.05) is 19.3 Å². The summed E-state index contributed by atoms with van der Waals surface area (Å²) in [5.41, 5.74) is 0. The number of hydrogen-bond donors (Lipinski definition) is 0. The molecular weight excluding hydrogens is 324 g/mol. The van der Waals surface area contributed by atoms with E-state index >= 15 is 0 Å². The molecule has 152 valence electrons. The van der Waals surface area contributed by atoms with Crippen LogP contribution in [0, 0.1) is 0 Å². The third-order valence-electron chi connectivity index (χ3n) is 5.93. The molecule has 0 rings (SSSR count). The van der Waals surface area contributed by atoms with Gasteiger partial charge in [0.2, 0.25) is 0 Å². The average molecular weight is 373 g/mol. The second-order valence-electron chi connectivity index (χ2n) is 8.43. The summed E-state index contributed by atoms with van der Waals surface area (Å²) in [6, 6.07) is 1.14. The number of rotatable bonds is 18. The highest BCUT2D eigenvalue weighted by Gasteiger charge is 2.49. The standard InChI is InChI=1S/C22H48O2Si/c1-7-9-10-11-12-13-14-15-16-17-18-19-21-25(23-5,24-6)22(3,4)20-8-2/h7-21H2,1-6H3. The molecule has 0 aliphatic rings. The first-order valence-corrected chi connectivity index (χ1v) is 13.1. The van der Waals surface area contributed by atoms with E-state index in [0.717, 1.165) is 6.04 Å². The van der Waals surface area contributed by atoms with Gasteiger partial charge in [-0.25, -0.2) is 0 Å². The summed E-state index contributed by atoms with van der Waals surface area (Å²) in [6.07, 6.45) is 19.2. The molecule has 0 saturated carbocycles. The molecule has 0 aliphatic heterocycles. The molecule has 2 nitrogen and oxygen atoms in total. The largest absolute Gasteiger partial charge is 0.397 e. The molecule has 0 bridgehead atoms. The molecule has 0 aliphatic carbocycles. The molecule has 0 radical (unpaired) electrons. The minimum atomic E-state index is -2.09. The first-order chi connectivity index (χ1) is 12.0. The summed E-state index contributed by atoms with van der Waals surface area (Å²) < 4.78 is 12.0. The van der Waals surface area contributed by atoms with Crippen molar-refractivity contribution in [2.75, 3.05) is 14.2 Å². The predicted octanol–water partition coefficient (Wildman–Crippen LogP) is 8.00. The van der Waals surface area contributed by atoms with Crippen LogP contribution in [-0.4, -0.2) is 22.8 Å². The van der Waals surface area contributed by atoms with Gasteiger partial charge in [0.25, 0.3) is 0 Å². The average Bonchev–Trinajstić information content (AvgIpc) is 2.59. The molecule has 0 aromatic rings. The third-order valence-corrected chi connectivity index (χ3v) is 10.6. The molecule has 0 fully saturated rings. The van der Waals surface area contributed by atoms with Crippen LogP contribution in [-0.2, 0) is 8.85 Å². The lowest BCUT2D eigenvalue weighted by molar-refractivity contribution is 0.203. The predicted molar refractivity (Wildman–Crippen MR) is 115 cm³/mol. The summed E-state index contributed by atoms with van der Waals surface area (Å²) >= 11 is 0. The summed E-state index contributed by atoms with van der Waals surface area (Å²) in [7, 11) is 1.65. The minimum Gasteiger partial charge on any atom is -0.397 e. The summed E-state index contributed by atoms with van der Waals surface area (Å²) in [5, 5.41) is 0.197. The number of hydrogen-bond acceptors (Lipinski definition) is 2. The van der Waals surface area contributed by atoms with Crippen LogP contribution >= 0.6 is 0 Å². The molecule has 0 heterocycles. The summed E-state index contributed by atoms with van der Waals surface area (Å²) in [4.78, 5) is 0. The zero-order valence-corrected chi connectivity index (χ0v) is 19.4. The van der Waals surface area contributed by atoms with E-state index < -0.39 is 8.56 Å². The van der Waals surface area contributed by atoms with Gasteiger partial charge in [-0.15, -0.1) is 0 Å². The van der Waals surface area contributed by atoms with Gasteiger partial charge in [0.1, 0.15) is 0 Å². The Balaban J connectivity index is 3.80. The highest BCUT2D eigenvalue weighted by molar-refractivity contribution is 6.70. The van der Waals surface area contributed by atoms with Crippen molar-refractivity contribution < 1.29 is 8.85 Å². The summed E-state index contributed by atoms with van der Waals surface area (Å²) in [6.45, 7) is 9.24. The normalized spacial score (nSPS) is 12.7. The van der Waals surface area contributed by atoms with Crippen LogP contribution in [0.15, 0.2) is 0 Å². The Morgan fingerprint density at radius 3 is 1.36 bits per heavy atom. The van der Waals surface area contributed by atoms with Gasteiger partial charge in [0.05, 0.1) is 0 Å². The van der Waals surface area contributed by atoms with Crippen molar-refractivity contribution in [3.8, 4) is 0 Å². The van der Waals surface area contributed by atoms with Crippen molar-refractivity contribution >= 4 is 8.56 Å². The SMILES string of the molecule is CCCCCCCCCCCCCC[Si](OC)(OC)C(C)(C)CCC. The first-order valence-electron chi connectivity index (χ1n) is 11.1. The minimum absolute atomic E-state index is 0.197. The zero-order chi connectivity index (χ0) is 19.0. The second kappa shape index (κ2) is 15.2. The topological polar surface area (TPSA) is 18.5 Å². The summed E-state index contributed by atoms with van der Waals surface area (Å²) in [5.74, 6) is 0. The number of unbranched alkanes of at least 4 members (excludes halogenated alkanes) is 11. The molecule has 0 amide bonds. The van der Waals surface area contributed by atoms with Crippen LogP contribution in [0.3, 0.4) is 0 Å². The highest BCUT2D eigenvalue weighted by Crippen LogP contribution is 2.45. The Morgan fingerprint density at radius 2 is 1.00 bits per heavy atom. The molecule has 0 N–H and O–H groups in total. The molecule has 0 aromatic heterocycles. The maximum atomic E-state index is 6.02. The van der Waals surface area contributed by atoms with Crippen molar-refractivity contribution in [1.82, 2.24) is 0 Å². The fourth-order valence-corrected chi connectivity index (χ4v) is 7.90. The lowest BCUT2D eigenvalue weighted by atomic mass is 10.1. The molecule has 0 aromatic carbocycles. The van der Waals surface area contributed by atoms with Crippen LogP contribution in [0.2, 0.25) is 11.1 Å². The zero-order valence-electron chi connectivity index (χ0n) is 18.4. The lowest BCUT2D eigenvalue weighted by Crippen LogP contribution is -2.49. The van der Waals surface area contributed by atoms with E-state index in [0.29, 0.717) is 0 Å². The maximum Gasteiger partial charge on any atom is 0.343 e. The van der Waals surface area contributed by atoms with Gasteiger partial charge in [-0.1, -0.05) is 111 Å². The van der Waals surface area contributed by atoms with Gasteiger partial charge >= 0.3 is 8.56 Å². The van der Waals surface area contributed by atoms with E-state index in [4.69, 9.17) is 8.85 Å². The van der Waals surface area contributed by atoms with Crippen molar-refractivity contribution in [1.29, 1.82) is 0 Å². The molecule has 0 saturated heterocycles. The van der Waals surface area contributed by atoms with Crippen molar-refractivity contribution in [2.45, 2.75) is 129 Å². The van der Waals surface area contributed by atoms with E-state index in [-0.39, 0.29) is 5.04 Å². The third kappa shape index (κ3) is 10.2. The van der Waals surface area contributed by atoms with Crippen LogP contribution in [0.1, 0.15) is 118 Å². The van der Waals surface area contributed by atoms with Gasteiger partial charge < -0.3 is 8.85 Å². The van der Waals surface area contributed by atoms with Gasteiger partial charge in [-0.05, 0) is 12.5 Å². The molecule has 25 heavy (non-hydrogen) atoms. The molecule has 3 heteroatoms. The second-order valence-corrected chi connectivity index (χ2v) is 12.6. The maximum absolute atomic E-state index is 6.02. The van der Waals surface area contributed by atoms with Gasteiger partial charge in [-0.3, -0.25) is 0 Å². The Labute approximate surface area is 160 Å². The van der Waals surface area contributed by atoms with E-state index in [1.165, 1.54) is 89.9 Å². The van der Waals surface area contributed by atoms with Gasteiger partial charge in [-0.2, -0.15) is 0 Å². The van der Waals surface area contributed by atoms with Crippen LogP contribution in [0.25, 0.3) is 0 Å². The van der Waals surface area contributed by atoms with Crippen molar-refractivity contribution in [3.05, 3.63) is 0 Å². The van der Waals surface area contributed by atoms with Gasteiger partial charge in [0.15, 0.2) is 0 Å². The van der Waals surface area contributed by atoms with E-state index in [1.54, 1.807) is 0 Å². The van der Waals surface area contributed by atoms with E-state index in [1.807, 2.05) is 14.2 Å². The smallest absolute Gasteiger partial charge is 0.343 e. The Hall–Kier alpha value is 0.137. The fraction of sp³-hybridized carbons (Fsp3) is 1.00. The molecule has 0 unspecified atom stereocenters. The molecule has 0 spiro atoms. The van der Waals surface area contributed by atoms with E-state index in [2.05, 4.69) is 27.7 Å². The monoisotopic (exact) mass is 372 g/mol. The Bertz CT molecular complexity index is 288. The fourth-order valence-electron chi connectivity index (χ4n) is 4.19. The highest BCUT2D eigenvalue weighted by atomic mass is 28.4. The van der Waals surface area contributed by atoms with Crippen LogP contribution in [0.4, 0.5) is 0 Å². The first kappa shape index (κ1) is 25.1. The van der Waals surface area contributed by atoms with Crippen molar-refractivity contribution in [2.24, 2.45) is 0 Å². The Kier molecular flexibility index (Phi) is 15.3. The molecular formula is C22H48O2Si. The Morgan fingerprint density at radius 1 is 0.600 bits per heavy atom.